The van der Waals surface area contributed by atoms with Gasteiger partial charge < -0.3 is 47.8 Å². The van der Waals surface area contributed by atoms with Crippen molar-refractivity contribution in [1.82, 2.24) is 107 Å². The van der Waals surface area contributed by atoms with Crippen molar-refractivity contribution in [2.75, 3.05) is 76.3 Å². The second kappa shape index (κ2) is 46.0. The molecule has 0 atom stereocenters. The maximum absolute atomic E-state index is 12.3. The summed E-state index contributed by atoms with van der Waals surface area (Å²) < 4.78 is 111. The summed E-state index contributed by atoms with van der Waals surface area (Å²) in [7, 11) is -12.8. The minimum atomic E-state index is -3.29. The first-order valence-electron chi connectivity index (χ1n) is 47.5. The molecule has 44 heteroatoms. The number of sulfonamides is 3. The minimum absolute atomic E-state index is 0.0328. The van der Waals surface area contributed by atoms with Gasteiger partial charge in [0.25, 0.3) is 0 Å². The van der Waals surface area contributed by atoms with E-state index in [1.54, 1.807) is 48.7 Å². The van der Waals surface area contributed by atoms with Crippen LogP contribution in [-0.4, -0.2) is 245 Å². The summed E-state index contributed by atoms with van der Waals surface area (Å²) in [6, 6.07) is 20.0. The highest BCUT2D eigenvalue weighted by molar-refractivity contribution is 9.11. The molecule has 4 fully saturated rings. The number of H-pyrrole nitrogens is 4. The van der Waals surface area contributed by atoms with Crippen LogP contribution >= 0.6 is 31.9 Å². The Labute approximate surface area is 854 Å². The van der Waals surface area contributed by atoms with Crippen LogP contribution in [0.25, 0.3) is 88.5 Å². The van der Waals surface area contributed by atoms with E-state index in [2.05, 4.69) is 243 Å². The molecule has 18 heterocycles. The zero-order valence-corrected chi connectivity index (χ0v) is 94.1. The van der Waals surface area contributed by atoms with Crippen LogP contribution in [0.2, 0.25) is 77.1 Å². The number of aromatic nitrogens is 18. The molecule has 142 heavy (non-hydrogen) atoms. The quantitative estimate of drug-likeness (QED) is 0.0165. The van der Waals surface area contributed by atoms with Crippen LogP contribution in [0, 0.1) is 75.5 Å². The van der Waals surface area contributed by atoms with Crippen LogP contribution in [0.1, 0.15) is 94.8 Å². The molecule has 4 saturated heterocycles. The number of aromatic amines is 4. The highest BCUT2D eigenvalue weighted by Crippen LogP contribution is 2.42. The molecule has 35 nitrogen and oxygen atoms in total. The van der Waals surface area contributed by atoms with Crippen molar-refractivity contribution in [1.29, 1.82) is 15.8 Å². The van der Waals surface area contributed by atoms with Crippen LogP contribution in [0.4, 0.5) is 0 Å². The summed E-state index contributed by atoms with van der Waals surface area (Å²) in [6.45, 7) is 52.6. The monoisotopic (exact) mass is 2170 g/mol. The number of ether oxygens (including phenoxy) is 3. The largest absolute Gasteiger partial charge is 0.419 e. The summed E-state index contributed by atoms with van der Waals surface area (Å²) in [5.74, 6) is 0.238. The first kappa shape index (κ1) is 110. The summed E-state index contributed by atoms with van der Waals surface area (Å²) in [5.41, 5.74) is 17.8. The van der Waals surface area contributed by atoms with Crippen LogP contribution in [-0.2, 0) is 80.2 Å². The Bertz CT molecular complexity index is 7250. The zero-order chi connectivity index (χ0) is 103. The van der Waals surface area contributed by atoms with Crippen LogP contribution in [0.5, 0.6) is 0 Å². The molecule has 0 amide bonds. The Kier molecular flexibility index (Phi) is 35.8. The maximum Gasteiger partial charge on any atom is 0.419 e. The Morgan fingerprint density at radius 2 is 0.901 bits per heavy atom. The van der Waals surface area contributed by atoms with Crippen LogP contribution < -0.4 is 10.7 Å². The van der Waals surface area contributed by atoms with Gasteiger partial charge in [0.15, 0.2) is 0 Å². The number of nitriles is 3. The van der Waals surface area contributed by atoms with Gasteiger partial charge in [-0.15, -0.1) is 0 Å². The van der Waals surface area contributed by atoms with Crippen molar-refractivity contribution in [2.45, 2.75) is 222 Å². The molecule has 14 aromatic rings. The van der Waals surface area contributed by atoms with E-state index in [9.17, 15) is 35.8 Å². The van der Waals surface area contributed by atoms with Gasteiger partial charge in [0, 0.05) is 262 Å². The average molecular weight is 2170 g/mol. The van der Waals surface area contributed by atoms with Crippen molar-refractivity contribution in [3.63, 3.8) is 0 Å². The van der Waals surface area contributed by atoms with Gasteiger partial charge in [0.1, 0.15) is 59.5 Å². The zero-order valence-electron chi connectivity index (χ0n) is 85.5. The molecule has 0 spiro atoms. The Morgan fingerprint density at radius 1 is 0.500 bits per heavy atom. The topological polar surface area (TPSA) is 436 Å². The van der Waals surface area contributed by atoms with Gasteiger partial charge >= 0.3 is 7.05 Å². The van der Waals surface area contributed by atoms with E-state index in [1.165, 1.54) is 36.6 Å². The van der Waals surface area contributed by atoms with Crippen molar-refractivity contribution in [3.8, 4) is 51.6 Å². The second-order valence-electron chi connectivity index (χ2n) is 41.2. The van der Waals surface area contributed by atoms with Crippen molar-refractivity contribution in [3.05, 3.63) is 190 Å². The van der Waals surface area contributed by atoms with Gasteiger partial charge in [-0.05, 0) is 204 Å². The van der Waals surface area contributed by atoms with E-state index in [0.717, 1.165) is 162 Å². The van der Waals surface area contributed by atoms with Crippen molar-refractivity contribution >= 4 is 154 Å². The van der Waals surface area contributed by atoms with Crippen LogP contribution in [0.3, 0.4) is 0 Å². The number of pyridine rings is 5. The highest BCUT2D eigenvalue weighted by atomic mass is 79.9. The molecule has 0 unspecified atom stereocenters. The molecule has 758 valence electrons. The molecule has 0 saturated carbocycles. The summed E-state index contributed by atoms with van der Waals surface area (Å²) in [6.07, 6.45) is 33.9. The lowest BCUT2D eigenvalue weighted by Gasteiger charge is -2.47. The van der Waals surface area contributed by atoms with E-state index < -0.39 is 65.4 Å². The molecule has 0 aliphatic carbocycles. The fourth-order valence-electron chi connectivity index (χ4n) is 16.4. The summed E-state index contributed by atoms with van der Waals surface area (Å²) in [4.78, 5) is 28.5. The molecule has 5 N–H and O–H groups in total. The number of allylic oxidation sites excluding steroid dienone is 1. The van der Waals surface area contributed by atoms with Gasteiger partial charge in [-0.1, -0.05) is 58.9 Å². The summed E-state index contributed by atoms with van der Waals surface area (Å²) in [5, 5.41) is 58.8. The number of fused-ring (bicyclic) bond motifs is 5. The number of halogens is 2. The van der Waals surface area contributed by atoms with Crippen molar-refractivity contribution < 1.29 is 44.1 Å². The lowest BCUT2D eigenvalue weighted by Crippen LogP contribution is -2.64. The second-order valence-corrected chi connectivity index (χ2v) is 66.4. The molecular weight excluding hydrogens is 2040 g/mol. The van der Waals surface area contributed by atoms with E-state index in [0.29, 0.717) is 33.3 Å². The molecule has 0 aromatic carbocycles. The predicted octanol–water partition coefficient (Wildman–Crippen LogP) is 17.6. The first-order valence-corrected chi connectivity index (χ1v) is 65.0. The SMILES string of the molecule is CC1(C)NB(c2cn[nH]c2)OC1(C)C.CCS(=O)(=O)N1CC(=CC#N)C1.CCS(=O)(=O)N1CC(CC#N)(n2cc(-c3c(C)cnc4[nH]ccc34)cn2)C1.CCS(=O)(=O)N1CC(CC#N)(n2cc(-c3c(C)cnc4c3ccn4COCC[Si](C)(C)C)cn2)C1.Cc1cnc2[nH]ccc2c1Br.Cc1cnc2c(ccn2COCC[Si](C)(C)C)c1-c1cn[nH]c1C.Cc1cnc2c(ccn2COCC[Si](C)(C)C)c1Br. The minimum Gasteiger partial charge on any atom is -0.411 e. The average Bonchev–Trinajstić information content (AvgIpc) is 1.46. The van der Waals surface area contributed by atoms with Gasteiger partial charge in [0.05, 0.1) is 72.5 Å². The number of aryl methyl sites for hydroxylation is 6. The lowest BCUT2D eigenvalue weighted by atomic mass is 9.75. The van der Waals surface area contributed by atoms with E-state index in [-0.39, 0.29) is 74.5 Å². The molecule has 4 aliphatic heterocycles. The Morgan fingerprint density at radius 3 is 1.32 bits per heavy atom. The third kappa shape index (κ3) is 26.3. The fraction of sp³-hybridized carbons (Fsp3) is 0.469. The predicted molar refractivity (Wildman–Crippen MR) is 577 cm³/mol. The number of hydrogen-bond donors (Lipinski definition) is 5. The normalized spacial score (nSPS) is 15.7. The van der Waals surface area contributed by atoms with E-state index in [1.807, 2.05) is 137 Å². The standard InChI is InChI=1S/C24H34N6O3SSi.C18H20N6O2S.C18H26N4OSi.C14H21BrN2OSi.C9H16BN3O.C8H7BrN2.C7H10N2O2S/c1-6-34(31,32)29-16-24(17-29,8-9-25)30-15-20(14-27-30)22-19(2)13-26-23-21(22)7-10-28(23)18-33-11-12-35(3,4)5;1-3-27(25,26)23-11-18(12-23,5-6-19)24-10-14(9-22-24)16-13(2)8-21-17-15(16)4-7-20-17;1-13-10-19-18-15(17(13)16-11-20-21-14(16)2)6-7-22(18)12-23-8-9-24(3,4)5;1-11-9-16-14-12(13(11)15)5-6-17(14)10-18-7-8-19(2,3)4;1-8(2)9(3,4)14-10(13-8)7-5-11-12-6-7;1-5-4-11-8-6(7(5)9)2-3-10-8;1-2-12(10,11)9-5-7(6-9)3-4-8/h7,10,13-15H,6,8,11-12,16-18H2,1-5H3;4,7-10H,3,5,11-12H2,1-2H3,(H,20,21);6-7,10-11H,8-9,12H2,1-5H3,(H,20,21);5-6,9H,7-8,10H2,1-4H3;5-6,13H,1-4H3,(H,11,12);2-4H,1H3,(H,10,11);3H,2,5-6H2,1H3. The Balaban J connectivity index is 0.000000153. The number of rotatable bonds is 29. The molecule has 0 radical (unpaired) electrons. The Hall–Kier alpha value is -10.3. The van der Waals surface area contributed by atoms with Crippen LogP contribution in [0.15, 0.2) is 156 Å². The number of nitrogens with one attached hydrogen (secondary N) is 5. The van der Waals surface area contributed by atoms with Gasteiger partial charge in [0.2, 0.25) is 30.1 Å². The number of hydrogen-bond acceptors (Lipinski definition) is 23. The maximum atomic E-state index is 12.3. The lowest BCUT2D eigenvalue weighted by molar-refractivity contribution is 0.0719. The van der Waals surface area contributed by atoms with E-state index >= 15 is 0 Å². The molecule has 4 aliphatic rings. The van der Waals surface area contributed by atoms with Gasteiger partial charge in [-0.25, -0.2) is 50.2 Å². The molecule has 18 rings (SSSR count). The first-order chi connectivity index (χ1) is 67.0. The van der Waals surface area contributed by atoms with E-state index in [4.69, 9.17) is 24.1 Å². The van der Waals surface area contributed by atoms with Crippen molar-refractivity contribution in [2.24, 2.45) is 0 Å². The summed E-state index contributed by atoms with van der Waals surface area (Å²) >= 11 is 7.11. The van der Waals surface area contributed by atoms with Gasteiger partial charge in [-0.3, -0.25) is 19.6 Å². The third-order valence-corrected chi connectivity index (χ3v) is 38.6. The number of nitrogens with zero attached hydrogens (tertiary/aromatic N) is 20. The molecule has 0 bridgehead atoms. The molecular formula is C98H134BBr2N25O10S3Si3. The fourth-order valence-corrected chi connectivity index (χ4v) is 23.1. The third-order valence-electron chi connectivity index (χ3n) is 26.1. The highest BCUT2D eigenvalue weighted by Gasteiger charge is 2.52. The smallest absolute Gasteiger partial charge is 0.411 e. The van der Waals surface area contributed by atoms with Gasteiger partial charge in [-0.2, -0.15) is 49.1 Å². The molecule has 14 aromatic heterocycles.